The van der Waals surface area contributed by atoms with E-state index in [-0.39, 0.29) is 18.3 Å². The minimum Gasteiger partial charge on any atom is -0.481 e. The molecule has 0 saturated carbocycles. The molecular formula is C25H48O4. The van der Waals surface area contributed by atoms with Crippen LogP contribution >= 0.6 is 0 Å². The highest BCUT2D eigenvalue weighted by Gasteiger charge is 2.35. The van der Waals surface area contributed by atoms with Gasteiger partial charge in [0.1, 0.15) is 0 Å². The van der Waals surface area contributed by atoms with Crippen molar-refractivity contribution in [2.45, 2.75) is 112 Å². The molecule has 0 bridgehead atoms. The fourth-order valence-corrected chi connectivity index (χ4v) is 4.50. The molecule has 4 nitrogen and oxygen atoms in total. The Morgan fingerprint density at radius 1 is 0.621 bits per heavy atom. The Kier molecular flexibility index (Phi) is 15.2. The van der Waals surface area contributed by atoms with E-state index >= 15 is 0 Å². The fraction of sp³-hybridized carbons (Fsp3) is 0.920. The summed E-state index contributed by atoms with van der Waals surface area (Å²) in [7, 11) is 0. The van der Waals surface area contributed by atoms with Gasteiger partial charge in [0.05, 0.1) is 5.92 Å². The van der Waals surface area contributed by atoms with Crippen LogP contribution in [-0.4, -0.2) is 22.2 Å². The third kappa shape index (κ3) is 13.7. The molecule has 2 N–H and O–H groups in total. The SMILES string of the molecule is CC(C)CCC(C(=O)O)C(CCC(C)C)C(CCCCCCCC(=O)O)C(C)C. The summed E-state index contributed by atoms with van der Waals surface area (Å²) >= 11 is 0. The quantitative estimate of drug-likeness (QED) is 0.232. The lowest BCUT2D eigenvalue weighted by molar-refractivity contribution is -0.145. The summed E-state index contributed by atoms with van der Waals surface area (Å²) in [5.74, 6) is 0.753. The van der Waals surface area contributed by atoms with Gasteiger partial charge in [-0.15, -0.1) is 0 Å². The Balaban J connectivity index is 4.97. The fourth-order valence-electron chi connectivity index (χ4n) is 4.50. The number of carbonyl (C=O) groups is 2. The number of carboxylic acids is 2. The molecule has 0 aromatic rings. The van der Waals surface area contributed by atoms with Crippen molar-refractivity contribution in [3.8, 4) is 0 Å². The van der Waals surface area contributed by atoms with E-state index in [2.05, 4.69) is 41.5 Å². The lowest BCUT2D eigenvalue weighted by Gasteiger charge is -2.35. The van der Waals surface area contributed by atoms with Crippen LogP contribution in [0.15, 0.2) is 0 Å². The van der Waals surface area contributed by atoms with Crippen molar-refractivity contribution in [3.63, 3.8) is 0 Å². The molecule has 0 aliphatic rings. The highest BCUT2D eigenvalue weighted by Crippen LogP contribution is 2.38. The van der Waals surface area contributed by atoms with Gasteiger partial charge >= 0.3 is 11.9 Å². The first-order valence-electron chi connectivity index (χ1n) is 12.0. The van der Waals surface area contributed by atoms with Crippen molar-refractivity contribution in [1.82, 2.24) is 0 Å². The average molecular weight is 413 g/mol. The molecule has 172 valence electrons. The molecular weight excluding hydrogens is 364 g/mol. The standard InChI is InChI=1S/C25H48O4/c1-18(2)14-16-22(23(25(28)29)17-15-19(3)4)21(20(5)6)12-10-8-7-9-11-13-24(26)27/h18-23H,7-17H2,1-6H3,(H,26,27)(H,28,29). The number of rotatable bonds is 18. The molecule has 29 heavy (non-hydrogen) atoms. The Bertz CT molecular complexity index is 442. The lowest BCUT2D eigenvalue weighted by Crippen LogP contribution is -2.33. The third-order valence-corrected chi connectivity index (χ3v) is 6.30. The van der Waals surface area contributed by atoms with Gasteiger partial charge in [-0.25, -0.2) is 0 Å². The zero-order valence-corrected chi connectivity index (χ0v) is 20.0. The molecule has 0 heterocycles. The number of hydrogen-bond donors (Lipinski definition) is 2. The molecule has 3 atom stereocenters. The van der Waals surface area contributed by atoms with E-state index in [0.29, 0.717) is 23.7 Å². The monoisotopic (exact) mass is 412 g/mol. The van der Waals surface area contributed by atoms with Crippen molar-refractivity contribution in [1.29, 1.82) is 0 Å². The first-order chi connectivity index (χ1) is 13.6. The Labute approximate surface area is 179 Å². The van der Waals surface area contributed by atoms with E-state index in [1.165, 1.54) is 0 Å². The van der Waals surface area contributed by atoms with E-state index in [1.807, 2.05) is 0 Å². The van der Waals surface area contributed by atoms with Crippen LogP contribution in [0.3, 0.4) is 0 Å². The Morgan fingerprint density at radius 2 is 1.14 bits per heavy atom. The van der Waals surface area contributed by atoms with E-state index in [4.69, 9.17) is 5.11 Å². The average Bonchev–Trinajstić information content (AvgIpc) is 2.59. The van der Waals surface area contributed by atoms with Crippen LogP contribution in [0.5, 0.6) is 0 Å². The zero-order chi connectivity index (χ0) is 22.4. The predicted molar refractivity (Wildman–Crippen MR) is 121 cm³/mol. The summed E-state index contributed by atoms with van der Waals surface area (Å²) in [4.78, 5) is 22.8. The van der Waals surface area contributed by atoms with Gasteiger partial charge in [0, 0.05) is 6.42 Å². The number of aliphatic carboxylic acids is 2. The van der Waals surface area contributed by atoms with E-state index in [1.54, 1.807) is 0 Å². The number of carboxylic acid groups (broad SMARTS) is 2. The Morgan fingerprint density at radius 3 is 1.62 bits per heavy atom. The van der Waals surface area contributed by atoms with Gasteiger partial charge < -0.3 is 10.2 Å². The van der Waals surface area contributed by atoms with Crippen LogP contribution in [0, 0.1) is 35.5 Å². The Hall–Kier alpha value is -1.06. The smallest absolute Gasteiger partial charge is 0.306 e. The van der Waals surface area contributed by atoms with Crippen LogP contribution in [0.2, 0.25) is 0 Å². The second-order valence-corrected chi connectivity index (χ2v) is 10.2. The van der Waals surface area contributed by atoms with Crippen molar-refractivity contribution >= 4 is 11.9 Å². The second kappa shape index (κ2) is 15.7. The molecule has 0 fully saturated rings. The third-order valence-electron chi connectivity index (χ3n) is 6.30. The lowest BCUT2D eigenvalue weighted by atomic mass is 9.69. The highest BCUT2D eigenvalue weighted by molar-refractivity contribution is 5.70. The molecule has 3 unspecified atom stereocenters. The zero-order valence-electron chi connectivity index (χ0n) is 20.0. The highest BCUT2D eigenvalue weighted by atomic mass is 16.4. The van der Waals surface area contributed by atoms with Gasteiger partial charge in [-0.2, -0.15) is 0 Å². The topological polar surface area (TPSA) is 74.6 Å². The minimum atomic E-state index is -0.709. The summed E-state index contributed by atoms with van der Waals surface area (Å²) in [5.41, 5.74) is 0. The maximum Gasteiger partial charge on any atom is 0.306 e. The summed E-state index contributed by atoms with van der Waals surface area (Å²) in [5, 5.41) is 18.7. The normalized spacial score (nSPS) is 15.1. The van der Waals surface area contributed by atoms with Crippen LogP contribution < -0.4 is 0 Å². The molecule has 0 spiro atoms. The predicted octanol–water partition coefficient (Wildman–Crippen LogP) is 7.26. The van der Waals surface area contributed by atoms with Gasteiger partial charge in [-0.3, -0.25) is 9.59 Å². The van der Waals surface area contributed by atoms with Gasteiger partial charge in [0.2, 0.25) is 0 Å². The number of hydrogen-bond acceptors (Lipinski definition) is 2. The van der Waals surface area contributed by atoms with Crippen molar-refractivity contribution in [2.75, 3.05) is 0 Å². The summed E-state index contributed by atoms with van der Waals surface area (Å²) in [6.45, 7) is 13.3. The molecule has 0 aliphatic heterocycles. The number of unbranched alkanes of at least 4 members (excludes halogenated alkanes) is 4. The van der Waals surface area contributed by atoms with E-state index < -0.39 is 11.9 Å². The summed E-state index contributed by atoms with van der Waals surface area (Å²) in [6, 6.07) is 0. The summed E-state index contributed by atoms with van der Waals surface area (Å²) in [6.07, 6.45) is 10.3. The van der Waals surface area contributed by atoms with Crippen molar-refractivity contribution in [2.24, 2.45) is 35.5 Å². The van der Waals surface area contributed by atoms with Crippen LogP contribution in [0.25, 0.3) is 0 Å². The van der Waals surface area contributed by atoms with Crippen LogP contribution in [-0.2, 0) is 9.59 Å². The molecule has 0 amide bonds. The van der Waals surface area contributed by atoms with Gasteiger partial charge in [0.15, 0.2) is 0 Å². The first kappa shape index (κ1) is 27.9. The first-order valence-corrected chi connectivity index (χ1v) is 12.0. The van der Waals surface area contributed by atoms with Gasteiger partial charge in [-0.1, -0.05) is 80.1 Å². The van der Waals surface area contributed by atoms with Gasteiger partial charge in [0.25, 0.3) is 0 Å². The summed E-state index contributed by atoms with van der Waals surface area (Å²) < 4.78 is 0. The molecule has 0 radical (unpaired) electrons. The molecule has 0 aromatic carbocycles. The van der Waals surface area contributed by atoms with Crippen molar-refractivity contribution < 1.29 is 19.8 Å². The molecule has 0 saturated heterocycles. The molecule has 0 aliphatic carbocycles. The van der Waals surface area contributed by atoms with E-state index in [0.717, 1.165) is 64.2 Å². The second-order valence-electron chi connectivity index (χ2n) is 10.2. The molecule has 0 aromatic heterocycles. The van der Waals surface area contributed by atoms with Gasteiger partial charge in [-0.05, 0) is 55.3 Å². The van der Waals surface area contributed by atoms with E-state index in [9.17, 15) is 14.7 Å². The van der Waals surface area contributed by atoms with Crippen molar-refractivity contribution in [3.05, 3.63) is 0 Å². The van der Waals surface area contributed by atoms with Crippen LogP contribution in [0.1, 0.15) is 112 Å². The van der Waals surface area contributed by atoms with Crippen LogP contribution in [0.4, 0.5) is 0 Å². The maximum atomic E-state index is 12.2. The minimum absolute atomic E-state index is 0.237. The maximum absolute atomic E-state index is 12.2. The molecule has 4 heteroatoms. The largest absolute Gasteiger partial charge is 0.481 e. The molecule has 0 rings (SSSR count).